The van der Waals surface area contributed by atoms with Crippen molar-refractivity contribution in [3.63, 3.8) is 0 Å². The van der Waals surface area contributed by atoms with Gasteiger partial charge in [-0.15, -0.1) is 0 Å². The number of fused-ring (bicyclic) bond motifs is 2. The van der Waals surface area contributed by atoms with Crippen LogP contribution in [0.3, 0.4) is 0 Å². The Morgan fingerprint density at radius 1 is 0.815 bits per heavy atom. The van der Waals surface area contributed by atoms with E-state index in [1.807, 2.05) is 23.1 Å². The quantitative estimate of drug-likeness (QED) is 0.262. The summed E-state index contributed by atoms with van der Waals surface area (Å²) in [6, 6.07) is 25.5. The fraction of sp³-hybridized carbons (Fsp3) is 0.0435. The van der Waals surface area contributed by atoms with Crippen LogP contribution in [0.1, 0.15) is 5.69 Å². The van der Waals surface area contributed by atoms with Gasteiger partial charge >= 0.3 is 0 Å². The van der Waals surface area contributed by atoms with Crippen LogP contribution in [0, 0.1) is 0 Å². The maximum Gasteiger partial charge on any atom is 0.153 e. The molecule has 2 heterocycles. The third-order valence-corrected chi connectivity index (χ3v) is 5.40. The third-order valence-electron chi connectivity index (χ3n) is 4.82. The van der Waals surface area contributed by atoms with Crippen molar-refractivity contribution in [2.24, 2.45) is 0 Å². The SMILES string of the molecule is BrCc1ccn(-c2cc(-c3c4ccccc4cc4ccccc34)ccn2)n1. The summed E-state index contributed by atoms with van der Waals surface area (Å²) in [5, 5.41) is 10.3. The number of pyridine rings is 1. The van der Waals surface area contributed by atoms with Gasteiger partial charge in [0.05, 0.1) is 5.69 Å². The molecule has 5 aromatic rings. The zero-order chi connectivity index (χ0) is 18.2. The van der Waals surface area contributed by atoms with Crippen molar-refractivity contribution >= 4 is 37.5 Å². The minimum absolute atomic E-state index is 0.730. The molecule has 2 aromatic heterocycles. The first-order valence-electron chi connectivity index (χ1n) is 8.81. The summed E-state index contributed by atoms with van der Waals surface area (Å²) in [7, 11) is 0. The summed E-state index contributed by atoms with van der Waals surface area (Å²) in [4.78, 5) is 4.53. The lowest BCUT2D eigenvalue weighted by atomic mass is 9.92. The van der Waals surface area contributed by atoms with Crippen LogP contribution < -0.4 is 0 Å². The summed E-state index contributed by atoms with van der Waals surface area (Å²) in [5.74, 6) is 0.816. The zero-order valence-electron chi connectivity index (χ0n) is 14.5. The number of benzene rings is 3. The molecule has 3 nitrogen and oxygen atoms in total. The number of halogens is 1. The topological polar surface area (TPSA) is 30.7 Å². The fourth-order valence-corrected chi connectivity index (χ4v) is 3.88. The average Bonchev–Trinajstić information content (AvgIpc) is 3.21. The fourth-order valence-electron chi connectivity index (χ4n) is 3.58. The minimum Gasteiger partial charge on any atom is -0.237 e. The van der Waals surface area contributed by atoms with Crippen LogP contribution >= 0.6 is 15.9 Å². The Morgan fingerprint density at radius 2 is 1.52 bits per heavy atom. The number of aromatic nitrogens is 3. The van der Waals surface area contributed by atoms with E-state index in [2.05, 4.69) is 92.7 Å². The number of hydrogen-bond donors (Lipinski definition) is 0. The van der Waals surface area contributed by atoms with E-state index in [4.69, 9.17) is 0 Å². The molecule has 0 amide bonds. The van der Waals surface area contributed by atoms with Crippen LogP contribution in [0.5, 0.6) is 0 Å². The Hall–Kier alpha value is -2.98. The Kier molecular flexibility index (Phi) is 3.98. The minimum atomic E-state index is 0.730. The molecule has 0 spiro atoms. The highest BCUT2D eigenvalue weighted by Crippen LogP contribution is 2.36. The highest BCUT2D eigenvalue weighted by molar-refractivity contribution is 9.08. The van der Waals surface area contributed by atoms with E-state index in [1.165, 1.54) is 27.1 Å². The van der Waals surface area contributed by atoms with Crippen molar-refractivity contribution in [2.75, 3.05) is 0 Å². The van der Waals surface area contributed by atoms with Crippen LogP contribution in [0.15, 0.2) is 85.2 Å². The Balaban J connectivity index is 1.78. The van der Waals surface area contributed by atoms with Crippen LogP contribution in [0.4, 0.5) is 0 Å². The van der Waals surface area contributed by atoms with E-state index < -0.39 is 0 Å². The number of hydrogen-bond acceptors (Lipinski definition) is 2. The predicted molar refractivity (Wildman–Crippen MR) is 114 cm³/mol. The van der Waals surface area contributed by atoms with E-state index in [0.717, 1.165) is 22.4 Å². The molecule has 0 saturated heterocycles. The molecule has 3 aromatic carbocycles. The summed E-state index contributed by atoms with van der Waals surface area (Å²) in [5.41, 5.74) is 3.36. The first-order chi connectivity index (χ1) is 13.3. The van der Waals surface area contributed by atoms with Crippen molar-refractivity contribution in [1.29, 1.82) is 0 Å². The molecule has 0 radical (unpaired) electrons. The molecule has 4 heteroatoms. The standard InChI is InChI=1S/C23H16BrN3/c24-15-19-10-12-27(26-19)22-14-18(9-11-25-22)23-20-7-3-1-5-16(20)13-17-6-2-4-8-21(17)23/h1-14H,15H2. The second kappa shape index (κ2) is 6.63. The van der Waals surface area contributed by atoms with Gasteiger partial charge in [-0.1, -0.05) is 64.5 Å². The van der Waals surface area contributed by atoms with E-state index in [0.29, 0.717) is 0 Å². The van der Waals surface area contributed by atoms with Gasteiger partial charge in [-0.3, -0.25) is 0 Å². The molecule has 0 fully saturated rings. The van der Waals surface area contributed by atoms with Gasteiger partial charge in [0.1, 0.15) is 0 Å². The number of nitrogens with zero attached hydrogens (tertiary/aromatic N) is 3. The van der Waals surface area contributed by atoms with Gasteiger partial charge in [-0.25, -0.2) is 9.67 Å². The molecule has 0 N–H and O–H groups in total. The summed E-state index contributed by atoms with van der Waals surface area (Å²) < 4.78 is 1.83. The molecule has 5 rings (SSSR count). The first-order valence-corrected chi connectivity index (χ1v) is 9.93. The van der Waals surface area contributed by atoms with E-state index >= 15 is 0 Å². The van der Waals surface area contributed by atoms with Crippen molar-refractivity contribution in [2.45, 2.75) is 5.33 Å². The van der Waals surface area contributed by atoms with Gasteiger partial charge in [-0.2, -0.15) is 5.10 Å². The van der Waals surface area contributed by atoms with E-state index in [9.17, 15) is 0 Å². The maximum atomic E-state index is 4.57. The summed E-state index contributed by atoms with van der Waals surface area (Å²) in [6.07, 6.45) is 3.81. The second-order valence-electron chi connectivity index (χ2n) is 6.48. The van der Waals surface area contributed by atoms with Gasteiger partial charge in [0, 0.05) is 17.7 Å². The number of rotatable bonds is 3. The van der Waals surface area contributed by atoms with E-state index in [-0.39, 0.29) is 0 Å². The predicted octanol–water partition coefficient (Wildman–Crippen LogP) is 6.14. The van der Waals surface area contributed by atoms with Crippen molar-refractivity contribution < 1.29 is 0 Å². The van der Waals surface area contributed by atoms with Gasteiger partial charge in [0.2, 0.25) is 0 Å². The van der Waals surface area contributed by atoms with Crippen molar-refractivity contribution in [3.05, 3.63) is 90.9 Å². The lowest BCUT2D eigenvalue weighted by molar-refractivity contribution is 0.831. The molecule has 0 aliphatic carbocycles. The van der Waals surface area contributed by atoms with Gasteiger partial charge in [0.25, 0.3) is 0 Å². The molecule has 0 bridgehead atoms. The third kappa shape index (κ3) is 2.82. The highest BCUT2D eigenvalue weighted by Gasteiger charge is 2.11. The molecule has 0 atom stereocenters. The van der Waals surface area contributed by atoms with Crippen LogP contribution in [-0.4, -0.2) is 14.8 Å². The highest BCUT2D eigenvalue weighted by atomic mass is 79.9. The van der Waals surface area contributed by atoms with Crippen molar-refractivity contribution in [3.8, 4) is 16.9 Å². The Bertz CT molecular complexity index is 1220. The van der Waals surface area contributed by atoms with Crippen molar-refractivity contribution in [1.82, 2.24) is 14.8 Å². The lowest BCUT2D eigenvalue weighted by Crippen LogP contribution is -1.99. The van der Waals surface area contributed by atoms with Gasteiger partial charge < -0.3 is 0 Å². The Labute approximate surface area is 165 Å². The molecule has 0 unspecified atom stereocenters. The maximum absolute atomic E-state index is 4.57. The Morgan fingerprint density at radius 3 is 2.19 bits per heavy atom. The zero-order valence-corrected chi connectivity index (χ0v) is 16.1. The average molecular weight is 414 g/mol. The summed E-state index contributed by atoms with van der Waals surface area (Å²) >= 11 is 3.45. The summed E-state index contributed by atoms with van der Waals surface area (Å²) in [6.45, 7) is 0. The molecular weight excluding hydrogens is 398 g/mol. The molecule has 0 aliphatic heterocycles. The van der Waals surface area contributed by atoms with Crippen LogP contribution in [0.25, 0.3) is 38.5 Å². The lowest BCUT2D eigenvalue weighted by Gasteiger charge is -2.13. The van der Waals surface area contributed by atoms with E-state index in [1.54, 1.807) is 0 Å². The molecular formula is C23H16BrN3. The largest absolute Gasteiger partial charge is 0.237 e. The van der Waals surface area contributed by atoms with Gasteiger partial charge in [0.15, 0.2) is 5.82 Å². The van der Waals surface area contributed by atoms with Gasteiger partial charge in [-0.05, 0) is 56.9 Å². The van der Waals surface area contributed by atoms with Crippen LogP contribution in [-0.2, 0) is 5.33 Å². The second-order valence-corrected chi connectivity index (χ2v) is 7.04. The number of alkyl halides is 1. The molecule has 130 valence electrons. The molecule has 27 heavy (non-hydrogen) atoms. The monoisotopic (exact) mass is 413 g/mol. The first kappa shape index (κ1) is 16.2. The smallest absolute Gasteiger partial charge is 0.153 e. The molecule has 0 saturated carbocycles. The normalized spacial score (nSPS) is 11.3. The van der Waals surface area contributed by atoms with Crippen LogP contribution in [0.2, 0.25) is 0 Å². The molecule has 0 aliphatic rings.